The van der Waals surface area contributed by atoms with Crippen LogP contribution in [-0.4, -0.2) is 26.9 Å². The van der Waals surface area contributed by atoms with Gasteiger partial charge in [0.2, 0.25) is 5.89 Å². The van der Waals surface area contributed by atoms with Gasteiger partial charge >= 0.3 is 6.01 Å². The van der Waals surface area contributed by atoms with Gasteiger partial charge in [-0.05, 0) is 41.1 Å². The number of nitrogens with zero attached hydrogens (tertiary/aromatic N) is 3. The van der Waals surface area contributed by atoms with E-state index in [0.717, 1.165) is 10.8 Å². The highest BCUT2D eigenvalue weighted by Gasteiger charge is 2.18. The molecule has 5 rings (SSSR count). The van der Waals surface area contributed by atoms with Crippen molar-refractivity contribution in [1.82, 2.24) is 10.2 Å². The summed E-state index contributed by atoms with van der Waals surface area (Å²) in [5, 5.41) is 25.6. The van der Waals surface area contributed by atoms with Gasteiger partial charge in [-0.3, -0.25) is 25.0 Å². The number of benzene rings is 4. The van der Waals surface area contributed by atoms with Gasteiger partial charge in [0.25, 0.3) is 17.5 Å². The number of anilines is 2. The van der Waals surface area contributed by atoms with Crippen LogP contribution >= 0.6 is 0 Å². The second kappa shape index (κ2) is 9.47. The lowest BCUT2D eigenvalue weighted by atomic mass is 10.0. The summed E-state index contributed by atoms with van der Waals surface area (Å²) >= 11 is 0. The Labute approximate surface area is 203 Å². The highest BCUT2D eigenvalue weighted by molar-refractivity contribution is 6.16. The molecule has 36 heavy (non-hydrogen) atoms. The SMILES string of the molecule is O=C(Nc1nnc(-c2ccc([N+](=O)[O-])cc2)o1)c1ccccc1NC(=O)c1cccc2ccccc12. The summed E-state index contributed by atoms with van der Waals surface area (Å²) < 4.78 is 5.49. The van der Waals surface area contributed by atoms with Crippen molar-refractivity contribution in [3.8, 4) is 11.5 Å². The first kappa shape index (κ1) is 22.4. The number of fused-ring (bicyclic) bond motifs is 1. The predicted molar refractivity (Wildman–Crippen MR) is 133 cm³/mol. The van der Waals surface area contributed by atoms with Gasteiger partial charge in [0.1, 0.15) is 0 Å². The Kier molecular flexibility index (Phi) is 5.90. The molecular weight excluding hydrogens is 462 g/mol. The number of nitro groups is 1. The molecule has 0 aliphatic rings. The maximum atomic E-state index is 13.1. The van der Waals surface area contributed by atoms with Crippen molar-refractivity contribution >= 4 is 40.0 Å². The molecule has 10 nitrogen and oxygen atoms in total. The summed E-state index contributed by atoms with van der Waals surface area (Å²) in [6.07, 6.45) is 0. The standard InChI is InChI=1S/C26H17N5O5/c32-23(20-10-5-7-16-6-1-2-8-19(16)20)27-22-11-4-3-9-21(22)24(33)28-26-30-29-25(36-26)17-12-14-18(15-13-17)31(34)35/h1-15H,(H,27,32)(H,28,30,33). The maximum Gasteiger partial charge on any atom is 0.322 e. The van der Waals surface area contributed by atoms with Crippen molar-refractivity contribution in [2.75, 3.05) is 10.6 Å². The van der Waals surface area contributed by atoms with E-state index in [2.05, 4.69) is 20.8 Å². The number of amides is 2. The highest BCUT2D eigenvalue weighted by Crippen LogP contribution is 2.25. The van der Waals surface area contributed by atoms with Crippen LogP contribution in [0, 0.1) is 10.1 Å². The van der Waals surface area contributed by atoms with Gasteiger partial charge in [-0.25, -0.2) is 0 Å². The van der Waals surface area contributed by atoms with Gasteiger partial charge in [-0.2, -0.15) is 0 Å². The van der Waals surface area contributed by atoms with Crippen molar-refractivity contribution in [1.29, 1.82) is 0 Å². The minimum absolute atomic E-state index is 0.0751. The minimum Gasteiger partial charge on any atom is -0.403 e. The number of nitrogens with one attached hydrogen (secondary N) is 2. The lowest BCUT2D eigenvalue weighted by molar-refractivity contribution is -0.384. The van der Waals surface area contributed by atoms with E-state index in [9.17, 15) is 19.7 Å². The third-order valence-corrected chi connectivity index (χ3v) is 5.42. The number of hydrogen-bond acceptors (Lipinski definition) is 7. The maximum absolute atomic E-state index is 13.1. The van der Waals surface area contributed by atoms with Crippen LogP contribution in [-0.2, 0) is 0 Å². The number of rotatable bonds is 6. The minimum atomic E-state index is -0.567. The van der Waals surface area contributed by atoms with E-state index < -0.39 is 10.8 Å². The number of para-hydroxylation sites is 1. The molecule has 176 valence electrons. The molecule has 0 aliphatic carbocycles. The number of nitro benzene ring substituents is 1. The summed E-state index contributed by atoms with van der Waals surface area (Å²) in [5.74, 6) is -0.842. The van der Waals surface area contributed by atoms with Gasteiger partial charge in [0.05, 0.1) is 16.2 Å². The van der Waals surface area contributed by atoms with E-state index in [4.69, 9.17) is 4.42 Å². The van der Waals surface area contributed by atoms with Crippen molar-refractivity contribution < 1.29 is 18.9 Å². The Balaban J connectivity index is 1.34. The van der Waals surface area contributed by atoms with Crippen LogP contribution in [0.2, 0.25) is 0 Å². The zero-order valence-electron chi connectivity index (χ0n) is 18.5. The van der Waals surface area contributed by atoms with Gasteiger partial charge in [-0.1, -0.05) is 53.6 Å². The molecule has 0 saturated heterocycles. The van der Waals surface area contributed by atoms with Gasteiger partial charge in [0.15, 0.2) is 0 Å². The molecule has 0 atom stereocenters. The van der Waals surface area contributed by atoms with Crippen LogP contribution in [0.5, 0.6) is 0 Å². The lowest BCUT2D eigenvalue weighted by Crippen LogP contribution is -2.18. The summed E-state index contributed by atoms with van der Waals surface area (Å²) in [5.41, 5.74) is 1.36. The van der Waals surface area contributed by atoms with E-state index >= 15 is 0 Å². The zero-order valence-corrected chi connectivity index (χ0v) is 18.5. The Morgan fingerprint density at radius 3 is 2.22 bits per heavy atom. The van der Waals surface area contributed by atoms with Crippen LogP contribution in [0.1, 0.15) is 20.7 Å². The molecule has 0 unspecified atom stereocenters. The van der Waals surface area contributed by atoms with Crippen molar-refractivity contribution in [2.24, 2.45) is 0 Å². The molecule has 1 heterocycles. The van der Waals surface area contributed by atoms with Crippen LogP contribution in [0.15, 0.2) is 95.4 Å². The monoisotopic (exact) mass is 479 g/mol. The number of carbonyl (C=O) groups excluding carboxylic acids is 2. The molecule has 4 aromatic carbocycles. The van der Waals surface area contributed by atoms with E-state index in [1.165, 1.54) is 24.3 Å². The van der Waals surface area contributed by atoms with Crippen LogP contribution in [0.25, 0.3) is 22.2 Å². The second-order valence-corrected chi connectivity index (χ2v) is 7.70. The number of carbonyl (C=O) groups is 2. The van der Waals surface area contributed by atoms with E-state index in [-0.39, 0.29) is 29.1 Å². The van der Waals surface area contributed by atoms with Crippen molar-refractivity contribution in [2.45, 2.75) is 0 Å². The predicted octanol–water partition coefficient (Wildman–Crippen LogP) is 5.30. The van der Waals surface area contributed by atoms with Crippen LogP contribution in [0.4, 0.5) is 17.4 Å². The summed E-state index contributed by atoms with van der Waals surface area (Å²) in [7, 11) is 0. The number of non-ortho nitro benzene ring substituents is 1. The topological polar surface area (TPSA) is 140 Å². The van der Waals surface area contributed by atoms with Crippen LogP contribution < -0.4 is 10.6 Å². The fourth-order valence-electron chi connectivity index (χ4n) is 3.68. The third-order valence-electron chi connectivity index (χ3n) is 5.42. The third kappa shape index (κ3) is 4.50. The van der Waals surface area contributed by atoms with Crippen molar-refractivity contribution in [3.63, 3.8) is 0 Å². The molecule has 2 N–H and O–H groups in total. The molecule has 0 radical (unpaired) electrons. The second-order valence-electron chi connectivity index (χ2n) is 7.70. The fraction of sp³-hybridized carbons (Fsp3) is 0. The Bertz CT molecular complexity index is 1610. The molecule has 0 saturated carbocycles. The normalized spacial score (nSPS) is 10.7. The molecule has 0 aliphatic heterocycles. The molecule has 0 spiro atoms. The van der Waals surface area contributed by atoms with E-state index in [0.29, 0.717) is 16.8 Å². The molecule has 5 aromatic rings. The van der Waals surface area contributed by atoms with E-state index in [1.807, 2.05) is 30.3 Å². The Morgan fingerprint density at radius 1 is 0.750 bits per heavy atom. The summed E-state index contributed by atoms with van der Waals surface area (Å²) in [6, 6.07) is 24.9. The summed E-state index contributed by atoms with van der Waals surface area (Å²) in [6.45, 7) is 0. The molecule has 1 aromatic heterocycles. The van der Waals surface area contributed by atoms with E-state index in [1.54, 1.807) is 36.4 Å². The first-order valence-corrected chi connectivity index (χ1v) is 10.8. The molecule has 0 fully saturated rings. The zero-order chi connectivity index (χ0) is 25.1. The molecule has 0 bridgehead atoms. The summed E-state index contributed by atoms with van der Waals surface area (Å²) in [4.78, 5) is 36.3. The number of aromatic nitrogens is 2. The van der Waals surface area contributed by atoms with Gasteiger partial charge < -0.3 is 9.73 Å². The van der Waals surface area contributed by atoms with Gasteiger partial charge in [0, 0.05) is 23.3 Å². The largest absolute Gasteiger partial charge is 0.403 e. The quantitative estimate of drug-likeness (QED) is 0.249. The number of hydrogen-bond donors (Lipinski definition) is 2. The molecular formula is C26H17N5O5. The first-order valence-electron chi connectivity index (χ1n) is 10.8. The molecule has 10 heteroatoms. The highest BCUT2D eigenvalue weighted by atomic mass is 16.6. The lowest BCUT2D eigenvalue weighted by Gasteiger charge is -2.11. The molecule has 2 amide bonds. The first-order chi connectivity index (χ1) is 17.5. The fourth-order valence-corrected chi connectivity index (χ4v) is 3.68. The average Bonchev–Trinajstić information content (AvgIpc) is 3.37. The average molecular weight is 479 g/mol. The van der Waals surface area contributed by atoms with Gasteiger partial charge in [-0.15, -0.1) is 5.10 Å². The smallest absolute Gasteiger partial charge is 0.322 e. The van der Waals surface area contributed by atoms with Crippen molar-refractivity contribution in [3.05, 3.63) is 112 Å². The van der Waals surface area contributed by atoms with Crippen LogP contribution in [0.3, 0.4) is 0 Å². The Hall–Kier alpha value is -5.38. The Morgan fingerprint density at radius 2 is 1.42 bits per heavy atom.